The van der Waals surface area contributed by atoms with Crippen molar-refractivity contribution >= 4 is 27.4 Å². The van der Waals surface area contributed by atoms with Gasteiger partial charge in [0.05, 0.1) is 12.8 Å². The summed E-state index contributed by atoms with van der Waals surface area (Å²) in [6.45, 7) is 8.15. The van der Waals surface area contributed by atoms with E-state index in [0.29, 0.717) is 5.75 Å². The van der Waals surface area contributed by atoms with Gasteiger partial charge in [-0.05, 0) is 104 Å². The van der Waals surface area contributed by atoms with Gasteiger partial charge in [-0.1, -0.05) is 6.92 Å². The number of aryl methyl sites for hydroxylation is 4. The Balaban J connectivity index is 1.56. The average molecular weight is 493 g/mol. The van der Waals surface area contributed by atoms with Crippen molar-refractivity contribution in [3.8, 4) is 22.8 Å². The molecule has 35 heavy (non-hydrogen) atoms. The van der Waals surface area contributed by atoms with Crippen LogP contribution in [0.15, 0.2) is 47.8 Å². The van der Waals surface area contributed by atoms with Crippen LogP contribution in [0, 0.1) is 6.92 Å². The second-order valence-electron chi connectivity index (χ2n) is 9.26. The first kappa shape index (κ1) is 24.8. The summed E-state index contributed by atoms with van der Waals surface area (Å²) in [7, 11) is 1.67. The molecule has 0 radical (unpaired) electrons. The van der Waals surface area contributed by atoms with E-state index in [2.05, 4.69) is 29.1 Å². The summed E-state index contributed by atoms with van der Waals surface area (Å²) in [5, 5.41) is 17.7. The first-order chi connectivity index (χ1) is 16.7. The fourth-order valence-electron chi connectivity index (χ4n) is 4.07. The molecule has 0 spiro atoms. The number of benzene rings is 2. The summed E-state index contributed by atoms with van der Waals surface area (Å²) in [4.78, 5) is 11.5. The summed E-state index contributed by atoms with van der Waals surface area (Å²) in [5.41, 5.74) is 4.21. The molecule has 6 nitrogen and oxygen atoms in total. The van der Waals surface area contributed by atoms with E-state index < -0.39 is 11.6 Å². The quantitative estimate of drug-likeness (QED) is 0.273. The summed E-state index contributed by atoms with van der Waals surface area (Å²) in [5.74, 6) is 0.465. The number of aliphatic carboxylic acids is 1. The number of carboxylic acid groups (broad SMARTS) is 1. The Kier molecular flexibility index (Phi) is 7.17. The lowest BCUT2D eigenvalue weighted by atomic mass is 10.0. The van der Waals surface area contributed by atoms with Crippen LogP contribution >= 0.6 is 11.3 Å². The van der Waals surface area contributed by atoms with Crippen LogP contribution in [0.4, 0.5) is 0 Å². The molecule has 0 amide bonds. The molecule has 7 heteroatoms. The van der Waals surface area contributed by atoms with Gasteiger partial charge in [0.25, 0.3) is 0 Å². The topological polar surface area (TPSA) is 73.6 Å². The number of methoxy groups -OCH3 is 1. The average Bonchev–Trinajstić information content (AvgIpc) is 3.41. The molecule has 0 fully saturated rings. The minimum atomic E-state index is -1.28. The van der Waals surface area contributed by atoms with Crippen molar-refractivity contribution in [2.45, 2.75) is 59.1 Å². The molecular weight excluding hydrogens is 460 g/mol. The molecule has 184 valence electrons. The summed E-state index contributed by atoms with van der Waals surface area (Å²) in [6, 6.07) is 14.3. The van der Waals surface area contributed by atoms with Crippen molar-refractivity contribution in [1.29, 1.82) is 0 Å². The number of ether oxygens (including phenoxy) is 2. The zero-order valence-corrected chi connectivity index (χ0v) is 21.7. The zero-order valence-electron chi connectivity index (χ0n) is 20.9. The molecule has 2 aromatic heterocycles. The largest absolute Gasteiger partial charge is 0.497 e. The van der Waals surface area contributed by atoms with E-state index in [1.54, 1.807) is 32.3 Å². The Labute approximate surface area is 210 Å². The van der Waals surface area contributed by atoms with E-state index in [1.165, 1.54) is 16.6 Å². The van der Waals surface area contributed by atoms with Crippen LogP contribution in [0.3, 0.4) is 0 Å². The Morgan fingerprint density at radius 1 is 1.14 bits per heavy atom. The lowest BCUT2D eigenvalue weighted by Crippen LogP contribution is -2.38. The van der Waals surface area contributed by atoms with Crippen molar-refractivity contribution in [2.24, 2.45) is 0 Å². The maximum atomic E-state index is 11.5. The number of carboxylic acids is 1. The number of aromatic nitrogens is 2. The summed E-state index contributed by atoms with van der Waals surface area (Å²) in [6.07, 6.45) is 2.81. The van der Waals surface area contributed by atoms with Crippen LogP contribution in [0.1, 0.15) is 44.0 Å². The Morgan fingerprint density at radius 3 is 2.54 bits per heavy atom. The summed E-state index contributed by atoms with van der Waals surface area (Å²) < 4.78 is 14.3. The molecule has 4 rings (SSSR count). The molecule has 0 aliphatic carbocycles. The second kappa shape index (κ2) is 10.1. The van der Waals surface area contributed by atoms with Gasteiger partial charge in [-0.2, -0.15) is 5.10 Å². The number of rotatable bonds is 10. The number of carbonyl (C=O) groups is 1. The molecule has 0 aliphatic heterocycles. The van der Waals surface area contributed by atoms with Crippen LogP contribution < -0.4 is 9.47 Å². The predicted octanol–water partition coefficient (Wildman–Crippen LogP) is 6.52. The highest BCUT2D eigenvalue weighted by Crippen LogP contribution is 2.35. The molecule has 0 saturated heterocycles. The van der Waals surface area contributed by atoms with Gasteiger partial charge in [0.15, 0.2) is 5.60 Å². The second-order valence-corrected chi connectivity index (χ2v) is 10.2. The maximum absolute atomic E-state index is 11.5. The van der Waals surface area contributed by atoms with Gasteiger partial charge in [0.2, 0.25) is 0 Å². The van der Waals surface area contributed by atoms with E-state index in [-0.39, 0.29) is 0 Å². The molecule has 4 aromatic rings. The van der Waals surface area contributed by atoms with Gasteiger partial charge >= 0.3 is 5.97 Å². The highest BCUT2D eigenvalue weighted by Gasteiger charge is 2.30. The third-order valence-corrected chi connectivity index (χ3v) is 7.16. The lowest BCUT2D eigenvalue weighted by molar-refractivity contribution is -0.152. The molecule has 0 saturated carbocycles. The first-order valence-corrected chi connectivity index (χ1v) is 12.7. The van der Waals surface area contributed by atoms with Crippen molar-refractivity contribution in [3.05, 3.63) is 64.7 Å². The highest BCUT2D eigenvalue weighted by molar-refractivity contribution is 7.17. The van der Waals surface area contributed by atoms with E-state index in [9.17, 15) is 9.90 Å². The van der Waals surface area contributed by atoms with E-state index in [1.807, 2.05) is 37.3 Å². The molecule has 0 atom stereocenters. The molecule has 0 bridgehead atoms. The lowest BCUT2D eigenvalue weighted by Gasteiger charge is -2.22. The van der Waals surface area contributed by atoms with Gasteiger partial charge in [0, 0.05) is 22.5 Å². The van der Waals surface area contributed by atoms with Gasteiger partial charge in [-0.25, -0.2) is 4.79 Å². The fraction of sp³-hybridized carbons (Fsp3) is 0.357. The number of nitrogens with zero attached hydrogens (tertiary/aromatic N) is 2. The van der Waals surface area contributed by atoms with Crippen LogP contribution in [0.2, 0.25) is 0 Å². The van der Waals surface area contributed by atoms with Crippen LogP contribution in [-0.2, 0) is 24.2 Å². The standard InChI is InChI=1S/C28H32N2O4S/c1-6-13-30-21(15-24(29-30)19-8-11-22(33-5)12-9-19)10-7-20-17-35-26-16-25(18(2)14-23(20)26)34-28(3,4)27(31)32/h8-9,11-12,14-17H,6-7,10,13H2,1-5H3,(H,31,32). The monoisotopic (exact) mass is 492 g/mol. The smallest absolute Gasteiger partial charge is 0.347 e. The van der Waals surface area contributed by atoms with Crippen molar-refractivity contribution < 1.29 is 19.4 Å². The zero-order chi connectivity index (χ0) is 25.2. The number of fused-ring (bicyclic) bond motifs is 1. The predicted molar refractivity (Wildman–Crippen MR) is 141 cm³/mol. The van der Waals surface area contributed by atoms with Crippen molar-refractivity contribution in [2.75, 3.05) is 7.11 Å². The normalized spacial score (nSPS) is 11.7. The molecule has 0 aliphatic rings. The molecular formula is C28H32N2O4S. The van der Waals surface area contributed by atoms with Crippen LogP contribution in [0.25, 0.3) is 21.3 Å². The van der Waals surface area contributed by atoms with Crippen LogP contribution in [0.5, 0.6) is 11.5 Å². The third-order valence-electron chi connectivity index (χ3n) is 6.17. The molecule has 2 aromatic carbocycles. The minimum Gasteiger partial charge on any atom is -0.497 e. The highest BCUT2D eigenvalue weighted by atomic mass is 32.1. The first-order valence-electron chi connectivity index (χ1n) is 11.9. The van der Waals surface area contributed by atoms with Gasteiger partial charge < -0.3 is 14.6 Å². The maximum Gasteiger partial charge on any atom is 0.347 e. The van der Waals surface area contributed by atoms with Crippen molar-refractivity contribution in [3.63, 3.8) is 0 Å². The van der Waals surface area contributed by atoms with Crippen molar-refractivity contribution in [1.82, 2.24) is 9.78 Å². The van der Waals surface area contributed by atoms with E-state index >= 15 is 0 Å². The molecule has 2 heterocycles. The number of hydrogen-bond donors (Lipinski definition) is 1. The molecule has 1 N–H and O–H groups in total. The minimum absolute atomic E-state index is 0.614. The van der Waals surface area contributed by atoms with Gasteiger partial charge in [0.1, 0.15) is 11.5 Å². The summed E-state index contributed by atoms with van der Waals surface area (Å²) >= 11 is 1.66. The Hall–Kier alpha value is -3.32. The third kappa shape index (κ3) is 5.35. The number of thiophene rings is 1. The molecule has 0 unspecified atom stereocenters. The Bertz CT molecular complexity index is 1340. The van der Waals surface area contributed by atoms with E-state index in [0.717, 1.165) is 53.1 Å². The van der Waals surface area contributed by atoms with Crippen LogP contribution in [-0.4, -0.2) is 33.6 Å². The fourth-order valence-corrected chi connectivity index (χ4v) is 5.07. The Morgan fingerprint density at radius 2 is 1.89 bits per heavy atom. The van der Waals surface area contributed by atoms with E-state index in [4.69, 9.17) is 14.6 Å². The SMILES string of the molecule is CCCn1nc(-c2ccc(OC)cc2)cc1CCc1csc2cc(OC(C)(C)C(=O)O)c(C)cc12. The number of hydrogen-bond acceptors (Lipinski definition) is 5. The van der Waals surface area contributed by atoms with Gasteiger partial charge in [-0.3, -0.25) is 4.68 Å². The van der Waals surface area contributed by atoms with Gasteiger partial charge in [-0.15, -0.1) is 11.3 Å².